The molecule has 3 N–H and O–H groups in total. The number of hydrogen-bond donors (Lipinski definition) is 0. The fourth-order valence-electron chi connectivity index (χ4n) is 0.250. The van der Waals surface area contributed by atoms with E-state index in [1.807, 2.05) is 0 Å². The Bertz CT molecular complexity index is 19.7. The summed E-state index contributed by atoms with van der Waals surface area (Å²) < 4.78 is 0. The largest absolute Gasteiger partial charge is 4.00 e. The average Bonchev–Trinajstić information content (AvgIpc) is 1.41. The second-order valence-corrected chi connectivity index (χ2v) is 1.21. The molecule has 0 saturated carbocycles. The van der Waals surface area contributed by atoms with E-state index < -0.39 is 0 Å². The molecule has 0 heterocycles. The van der Waals surface area contributed by atoms with Gasteiger partial charge in [-0.05, 0) is 0 Å². The van der Waals surface area contributed by atoms with Crippen LogP contribution in [0.2, 0.25) is 0 Å². The van der Waals surface area contributed by atoms with E-state index in [9.17, 15) is 0 Å². The number of unbranched alkanes of at least 4 members (excludes halogenated alkanes) is 2. The third-order valence-corrected chi connectivity index (χ3v) is 0.604. The predicted octanol–water partition coefficient (Wildman–Crippen LogP) is 1.48. The van der Waals surface area contributed by atoms with Crippen molar-refractivity contribution >= 4 is 0 Å². The zero-order valence-corrected chi connectivity index (χ0v) is 9.26. The van der Waals surface area contributed by atoms with E-state index in [0.29, 0.717) is 0 Å². The third-order valence-electron chi connectivity index (χ3n) is 0.604. The molecule has 56 valence electrons. The standard InChI is InChI=1S/C5H11.Hf.3H2O/c1-3-5-4-2;;;;/h1,3-5H2,2H3;;3*1H2/q-1;+4;;;/p-3. The van der Waals surface area contributed by atoms with E-state index in [1.165, 1.54) is 12.8 Å². The van der Waals surface area contributed by atoms with Gasteiger partial charge in [-0.25, -0.2) is 0 Å². The summed E-state index contributed by atoms with van der Waals surface area (Å²) in [5.41, 5.74) is 0. The quantitative estimate of drug-likeness (QED) is 0.571. The summed E-state index contributed by atoms with van der Waals surface area (Å²) in [5, 5.41) is 0. The van der Waals surface area contributed by atoms with Gasteiger partial charge in [-0.3, -0.25) is 0 Å². The zero-order valence-electron chi connectivity index (χ0n) is 5.67. The van der Waals surface area contributed by atoms with Crippen LogP contribution in [0.5, 0.6) is 0 Å². The van der Waals surface area contributed by atoms with Gasteiger partial charge in [0.05, 0.1) is 0 Å². The molecule has 0 rings (SSSR count). The first kappa shape index (κ1) is 33.1. The molecule has 0 aliphatic heterocycles. The fraction of sp³-hybridized carbons (Fsp3) is 0.800. The number of rotatable bonds is 2. The minimum absolute atomic E-state index is 0. The Morgan fingerprint density at radius 2 is 1.44 bits per heavy atom. The molecule has 0 bridgehead atoms. The predicted molar refractivity (Wildman–Crippen MR) is 30.7 cm³/mol. The van der Waals surface area contributed by atoms with E-state index in [0.717, 1.165) is 6.42 Å². The molecule has 0 atom stereocenters. The maximum absolute atomic E-state index is 3.68. The van der Waals surface area contributed by atoms with Gasteiger partial charge in [0.15, 0.2) is 0 Å². The summed E-state index contributed by atoms with van der Waals surface area (Å²) in [7, 11) is 0. The smallest absolute Gasteiger partial charge is 0.870 e. The summed E-state index contributed by atoms with van der Waals surface area (Å²) in [6.07, 6.45) is 3.65. The van der Waals surface area contributed by atoms with Crippen LogP contribution in [-0.2, 0) is 25.8 Å². The molecule has 0 aromatic carbocycles. The molecule has 0 aromatic rings. The first-order valence-electron chi connectivity index (χ1n) is 2.21. The van der Waals surface area contributed by atoms with Crippen LogP contribution < -0.4 is 0 Å². The normalized spacial score (nSPS) is 4.67. The summed E-state index contributed by atoms with van der Waals surface area (Å²) in [5.74, 6) is 0. The molecule has 0 aliphatic rings. The second kappa shape index (κ2) is 37.4. The Hall–Kier alpha value is 0.750. The van der Waals surface area contributed by atoms with E-state index in [-0.39, 0.29) is 42.3 Å². The van der Waals surface area contributed by atoms with Gasteiger partial charge < -0.3 is 23.4 Å². The van der Waals surface area contributed by atoms with E-state index in [4.69, 9.17) is 0 Å². The monoisotopic (exact) mass is 302 g/mol. The van der Waals surface area contributed by atoms with Gasteiger partial charge in [0, 0.05) is 0 Å². The molecule has 0 aliphatic carbocycles. The van der Waals surface area contributed by atoms with Crippen molar-refractivity contribution in [2.45, 2.75) is 26.2 Å². The maximum atomic E-state index is 3.68. The second-order valence-electron chi connectivity index (χ2n) is 1.21. The average molecular weight is 301 g/mol. The molecule has 4 heteroatoms. The molecule has 0 saturated heterocycles. The molecule has 0 radical (unpaired) electrons. The molecular formula is C5H14HfO3. The van der Waals surface area contributed by atoms with Crippen molar-refractivity contribution in [3.8, 4) is 0 Å². The van der Waals surface area contributed by atoms with E-state index >= 15 is 0 Å². The molecular weight excluding hydrogens is 287 g/mol. The van der Waals surface area contributed by atoms with Gasteiger partial charge in [-0.15, -0.1) is 0 Å². The molecule has 0 aromatic heterocycles. The van der Waals surface area contributed by atoms with Crippen molar-refractivity contribution in [3.05, 3.63) is 6.92 Å². The zero-order chi connectivity index (χ0) is 4.12. The van der Waals surface area contributed by atoms with Crippen LogP contribution in [0.15, 0.2) is 0 Å². The summed E-state index contributed by atoms with van der Waals surface area (Å²) in [6.45, 7) is 5.85. The Morgan fingerprint density at radius 1 is 1.11 bits per heavy atom. The van der Waals surface area contributed by atoms with Crippen LogP contribution in [0.1, 0.15) is 26.2 Å². The minimum atomic E-state index is 0. The third kappa shape index (κ3) is 52.7. The van der Waals surface area contributed by atoms with Crippen LogP contribution in [0, 0.1) is 6.92 Å². The van der Waals surface area contributed by atoms with Gasteiger partial charge in [-0.2, -0.15) is 6.42 Å². The van der Waals surface area contributed by atoms with Crippen LogP contribution >= 0.6 is 0 Å². The van der Waals surface area contributed by atoms with E-state index in [1.54, 1.807) is 0 Å². The van der Waals surface area contributed by atoms with Gasteiger partial charge in [0.1, 0.15) is 0 Å². The van der Waals surface area contributed by atoms with E-state index in [2.05, 4.69) is 13.8 Å². The summed E-state index contributed by atoms with van der Waals surface area (Å²) in [4.78, 5) is 0. The van der Waals surface area contributed by atoms with Crippen LogP contribution in [-0.4, -0.2) is 16.4 Å². The molecule has 0 unspecified atom stereocenters. The van der Waals surface area contributed by atoms with Gasteiger partial charge in [0.25, 0.3) is 0 Å². The van der Waals surface area contributed by atoms with Gasteiger partial charge in [0.2, 0.25) is 0 Å². The Morgan fingerprint density at radius 3 is 1.44 bits per heavy atom. The van der Waals surface area contributed by atoms with Gasteiger partial charge >= 0.3 is 25.8 Å². The van der Waals surface area contributed by atoms with Gasteiger partial charge in [-0.1, -0.05) is 19.8 Å². The maximum Gasteiger partial charge on any atom is 4.00 e. The molecule has 3 nitrogen and oxygen atoms in total. The van der Waals surface area contributed by atoms with Crippen molar-refractivity contribution < 1.29 is 42.3 Å². The van der Waals surface area contributed by atoms with Crippen molar-refractivity contribution in [1.82, 2.24) is 0 Å². The Labute approximate surface area is 75.5 Å². The van der Waals surface area contributed by atoms with Crippen LogP contribution in [0.3, 0.4) is 0 Å². The topological polar surface area (TPSA) is 90.0 Å². The first-order chi connectivity index (χ1) is 2.41. The van der Waals surface area contributed by atoms with Crippen molar-refractivity contribution in [1.29, 1.82) is 0 Å². The summed E-state index contributed by atoms with van der Waals surface area (Å²) in [6, 6.07) is 0. The molecule has 0 fully saturated rings. The van der Waals surface area contributed by atoms with Crippen molar-refractivity contribution in [2.24, 2.45) is 0 Å². The first-order valence-corrected chi connectivity index (χ1v) is 2.21. The van der Waals surface area contributed by atoms with Crippen LogP contribution in [0.25, 0.3) is 0 Å². The molecule has 0 spiro atoms. The SMILES string of the molecule is [CH2-]CCCC.[Hf+4].[OH-].[OH-].[OH-]. The van der Waals surface area contributed by atoms with Crippen LogP contribution in [0.4, 0.5) is 0 Å². The Balaban J connectivity index is -0.0000000133. The van der Waals surface area contributed by atoms with Crippen molar-refractivity contribution in [2.75, 3.05) is 0 Å². The minimum Gasteiger partial charge on any atom is -0.870 e. The Kier molecular flexibility index (Phi) is 137. The number of hydrogen-bond acceptors (Lipinski definition) is 3. The molecule has 9 heavy (non-hydrogen) atoms. The summed E-state index contributed by atoms with van der Waals surface area (Å²) >= 11 is 0. The fourth-order valence-corrected chi connectivity index (χ4v) is 0.250. The molecule has 0 amide bonds. The van der Waals surface area contributed by atoms with Crippen molar-refractivity contribution in [3.63, 3.8) is 0 Å².